The Morgan fingerprint density at radius 2 is 2.12 bits per heavy atom. The number of nitrogens with zero attached hydrogens (tertiary/aromatic N) is 1. The lowest BCUT2D eigenvalue weighted by Gasteiger charge is -2.24. The van der Waals surface area contributed by atoms with Crippen LogP contribution in [-0.4, -0.2) is 19.6 Å². The van der Waals surface area contributed by atoms with E-state index in [1.54, 1.807) is 0 Å². The van der Waals surface area contributed by atoms with Gasteiger partial charge in [-0.2, -0.15) is 0 Å². The molecule has 88 valence electrons. The van der Waals surface area contributed by atoms with Gasteiger partial charge in [0.1, 0.15) is 5.75 Å². The van der Waals surface area contributed by atoms with Crippen molar-refractivity contribution in [1.82, 2.24) is 0 Å². The first-order valence-corrected chi connectivity index (χ1v) is 7.09. The van der Waals surface area contributed by atoms with E-state index in [4.69, 9.17) is 9.47 Å². The Kier molecular flexibility index (Phi) is 4.44. The Labute approximate surface area is 98.4 Å². The molecule has 2 atom stereocenters. The minimum atomic E-state index is -0.0652. The summed E-state index contributed by atoms with van der Waals surface area (Å²) >= 11 is 0. The van der Waals surface area contributed by atoms with Crippen molar-refractivity contribution in [3.8, 4) is 5.75 Å². The molecule has 0 aromatic heterocycles. The first kappa shape index (κ1) is 11.7. The Balaban J connectivity index is 1.88. The van der Waals surface area contributed by atoms with Gasteiger partial charge in [-0.1, -0.05) is 18.8 Å². The zero-order valence-corrected chi connectivity index (χ0v) is 10.5. The second-order valence-corrected chi connectivity index (χ2v) is 4.41. The maximum Gasteiger partial charge on any atom is 0.199 e. The summed E-state index contributed by atoms with van der Waals surface area (Å²) in [7, 11) is 0.597. The fourth-order valence-electron chi connectivity index (χ4n) is 1.68. The third-order valence-corrected chi connectivity index (χ3v) is 2.96. The van der Waals surface area contributed by atoms with E-state index < -0.39 is 0 Å². The van der Waals surface area contributed by atoms with Crippen LogP contribution in [0, 0.1) is 0 Å². The number of rotatable bonds is 4. The predicted molar refractivity (Wildman–Crippen MR) is 67.9 cm³/mol. The van der Waals surface area contributed by atoms with Gasteiger partial charge in [0.25, 0.3) is 0 Å². The number of benzene rings is 1. The lowest BCUT2D eigenvalue weighted by molar-refractivity contribution is -0.105. The molecule has 0 saturated carbocycles. The summed E-state index contributed by atoms with van der Waals surface area (Å²) in [5.41, 5.74) is 1.01. The molecule has 1 unspecified atom stereocenters. The van der Waals surface area contributed by atoms with Crippen molar-refractivity contribution in [3.63, 3.8) is 0 Å². The molecule has 1 aliphatic heterocycles. The van der Waals surface area contributed by atoms with Gasteiger partial charge < -0.3 is 14.6 Å². The highest BCUT2D eigenvalue weighted by Crippen LogP contribution is 2.31. The molecule has 0 spiro atoms. The summed E-state index contributed by atoms with van der Waals surface area (Å²) in [6.45, 7) is 2.87. The normalized spacial score (nSPS) is 21.2. The fourth-order valence-corrected chi connectivity index (χ4v) is 2.09. The maximum absolute atomic E-state index is 5.73. The van der Waals surface area contributed by atoms with Gasteiger partial charge in [-0.3, -0.25) is 0 Å². The molecular formula is C12H17NO2P-. The van der Waals surface area contributed by atoms with E-state index in [2.05, 4.69) is 11.8 Å². The number of hydrogen-bond acceptors (Lipinski definition) is 2. The minimum absolute atomic E-state index is 0.0652. The molecule has 0 bridgehead atoms. The molecule has 1 fully saturated rings. The van der Waals surface area contributed by atoms with Gasteiger partial charge in [0, 0.05) is 6.42 Å². The van der Waals surface area contributed by atoms with Crippen LogP contribution in [0.1, 0.15) is 19.3 Å². The van der Waals surface area contributed by atoms with Gasteiger partial charge in [-0.25, -0.2) is 8.73 Å². The average molecular weight is 238 g/mol. The summed E-state index contributed by atoms with van der Waals surface area (Å²) in [6.07, 6.45) is 3.26. The highest BCUT2D eigenvalue weighted by Gasteiger charge is 2.14. The van der Waals surface area contributed by atoms with Crippen LogP contribution in [0.25, 0.3) is 5.09 Å². The van der Waals surface area contributed by atoms with Gasteiger partial charge in [-0.15, -0.1) is 5.69 Å². The van der Waals surface area contributed by atoms with E-state index in [1.807, 2.05) is 24.3 Å². The number of ether oxygens (including phenoxy) is 2. The van der Waals surface area contributed by atoms with Crippen LogP contribution in [0.4, 0.5) is 5.69 Å². The third kappa shape index (κ3) is 3.36. The van der Waals surface area contributed by atoms with Crippen molar-refractivity contribution >= 4 is 14.4 Å². The van der Waals surface area contributed by atoms with Crippen LogP contribution >= 0.6 is 8.73 Å². The van der Waals surface area contributed by atoms with Gasteiger partial charge >= 0.3 is 0 Å². The van der Waals surface area contributed by atoms with Crippen LogP contribution in [-0.2, 0) is 4.74 Å². The summed E-state index contributed by atoms with van der Waals surface area (Å²) in [4.78, 5) is 0. The van der Waals surface area contributed by atoms with Gasteiger partial charge in [0.15, 0.2) is 6.29 Å². The fraction of sp³-hybridized carbons (Fsp3) is 0.500. The highest BCUT2D eigenvalue weighted by atomic mass is 31.1. The third-order valence-electron chi connectivity index (χ3n) is 2.48. The SMILES string of the molecule is CP[N-]c1ccc(O[C@H]2CCCCO2)cc1. The Bertz CT molecular complexity index is 309. The molecule has 1 heterocycles. The molecule has 0 aliphatic carbocycles. The summed E-state index contributed by atoms with van der Waals surface area (Å²) in [5, 5.41) is 4.34. The molecular weight excluding hydrogens is 221 g/mol. The lowest BCUT2D eigenvalue weighted by atomic mass is 10.2. The van der Waals surface area contributed by atoms with Crippen LogP contribution in [0.15, 0.2) is 24.3 Å². The van der Waals surface area contributed by atoms with Gasteiger partial charge in [0.05, 0.1) is 6.61 Å². The second kappa shape index (κ2) is 6.07. The van der Waals surface area contributed by atoms with Crippen molar-refractivity contribution < 1.29 is 9.47 Å². The molecule has 16 heavy (non-hydrogen) atoms. The average Bonchev–Trinajstić information content (AvgIpc) is 2.33. The first-order chi connectivity index (χ1) is 7.88. The smallest absolute Gasteiger partial charge is 0.199 e. The van der Waals surface area contributed by atoms with Crippen LogP contribution in [0.2, 0.25) is 0 Å². The van der Waals surface area contributed by atoms with Crippen molar-refractivity contribution in [2.24, 2.45) is 0 Å². The Morgan fingerprint density at radius 1 is 1.31 bits per heavy atom. The monoisotopic (exact) mass is 238 g/mol. The number of hydrogen-bond donors (Lipinski definition) is 0. The molecule has 1 aromatic rings. The second-order valence-electron chi connectivity index (χ2n) is 3.74. The first-order valence-electron chi connectivity index (χ1n) is 5.64. The molecule has 2 rings (SSSR count). The molecule has 0 radical (unpaired) electrons. The summed E-state index contributed by atoms with van der Waals surface area (Å²) in [6, 6.07) is 7.87. The highest BCUT2D eigenvalue weighted by molar-refractivity contribution is 7.40. The van der Waals surface area contributed by atoms with Crippen molar-refractivity contribution in [2.75, 3.05) is 13.3 Å². The van der Waals surface area contributed by atoms with Crippen molar-refractivity contribution in [1.29, 1.82) is 0 Å². The molecule has 4 heteroatoms. The van der Waals surface area contributed by atoms with E-state index in [0.29, 0.717) is 8.73 Å². The largest absolute Gasteiger partial charge is 0.663 e. The van der Waals surface area contributed by atoms with Gasteiger partial charge in [0.2, 0.25) is 0 Å². The summed E-state index contributed by atoms with van der Waals surface area (Å²) < 4.78 is 11.2. The van der Waals surface area contributed by atoms with E-state index >= 15 is 0 Å². The zero-order chi connectivity index (χ0) is 11.2. The maximum atomic E-state index is 5.73. The zero-order valence-electron chi connectivity index (χ0n) is 9.48. The molecule has 0 N–H and O–H groups in total. The standard InChI is InChI=1S/C12H17NO2P/c1-16-13-10-5-7-11(8-6-10)15-12-4-2-3-9-14-12/h5-8,12,16H,2-4,9H2,1H3/q-1/t12-/m0/s1. The van der Waals surface area contributed by atoms with E-state index in [1.165, 1.54) is 6.42 Å². The van der Waals surface area contributed by atoms with Crippen molar-refractivity contribution in [3.05, 3.63) is 29.4 Å². The topological polar surface area (TPSA) is 32.6 Å². The molecule has 0 amide bonds. The quantitative estimate of drug-likeness (QED) is 0.747. The van der Waals surface area contributed by atoms with Crippen LogP contribution in [0.5, 0.6) is 5.75 Å². The Morgan fingerprint density at radius 3 is 2.75 bits per heavy atom. The molecule has 1 saturated heterocycles. The minimum Gasteiger partial charge on any atom is -0.663 e. The van der Waals surface area contributed by atoms with Gasteiger partial charge in [-0.05, 0) is 25.0 Å². The van der Waals surface area contributed by atoms with E-state index in [9.17, 15) is 0 Å². The summed E-state index contributed by atoms with van der Waals surface area (Å²) in [5.74, 6) is 0.866. The lowest BCUT2D eigenvalue weighted by Crippen LogP contribution is -2.24. The Hall–Kier alpha value is -0.790. The predicted octanol–water partition coefficient (Wildman–Crippen LogP) is 3.82. The van der Waals surface area contributed by atoms with Crippen LogP contribution in [0.3, 0.4) is 0 Å². The molecule has 3 nitrogen and oxygen atoms in total. The van der Waals surface area contributed by atoms with E-state index in [-0.39, 0.29) is 6.29 Å². The molecule has 1 aromatic carbocycles. The van der Waals surface area contributed by atoms with Crippen LogP contribution < -0.4 is 4.74 Å². The van der Waals surface area contributed by atoms with E-state index in [0.717, 1.165) is 30.9 Å². The molecule has 1 aliphatic rings. The van der Waals surface area contributed by atoms with Crippen molar-refractivity contribution in [2.45, 2.75) is 25.6 Å².